The number of pyridine rings is 1. The SMILES string of the molecule is N#Cc1cnc(CN2CCN(c3ccc(OCCO)cc3Cl)[C@H](c3ccc(Cl)cc3)C2)c(CO)c1. The second-order valence-corrected chi connectivity index (χ2v) is 9.12. The molecular formula is C26H26Cl2N4O3. The van der Waals surface area contributed by atoms with Crippen LogP contribution in [0.15, 0.2) is 54.7 Å². The Balaban J connectivity index is 1.60. The molecule has 1 aromatic heterocycles. The first kappa shape index (κ1) is 25.2. The van der Waals surface area contributed by atoms with Gasteiger partial charge in [-0.2, -0.15) is 5.26 Å². The van der Waals surface area contributed by atoms with Gasteiger partial charge in [-0.25, -0.2) is 0 Å². The van der Waals surface area contributed by atoms with Crippen molar-refractivity contribution in [1.29, 1.82) is 5.26 Å². The minimum absolute atomic E-state index is 0.00122. The number of nitrogens with zero attached hydrogens (tertiary/aromatic N) is 4. The van der Waals surface area contributed by atoms with Crippen LogP contribution < -0.4 is 9.64 Å². The summed E-state index contributed by atoms with van der Waals surface area (Å²) in [6.07, 6.45) is 1.54. The van der Waals surface area contributed by atoms with Gasteiger partial charge in [-0.3, -0.25) is 9.88 Å². The van der Waals surface area contributed by atoms with E-state index in [0.29, 0.717) is 46.6 Å². The molecule has 0 amide bonds. The van der Waals surface area contributed by atoms with Crippen LogP contribution in [0.5, 0.6) is 5.75 Å². The Morgan fingerprint density at radius 2 is 1.89 bits per heavy atom. The molecule has 182 valence electrons. The Morgan fingerprint density at radius 1 is 1.09 bits per heavy atom. The van der Waals surface area contributed by atoms with Gasteiger partial charge in [0.05, 0.1) is 41.2 Å². The van der Waals surface area contributed by atoms with Crippen LogP contribution >= 0.6 is 23.2 Å². The number of benzene rings is 2. The maximum absolute atomic E-state index is 9.79. The van der Waals surface area contributed by atoms with Gasteiger partial charge in [0.1, 0.15) is 18.4 Å². The second kappa shape index (κ2) is 11.7. The van der Waals surface area contributed by atoms with E-state index in [0.717, 1.165) is 23.5 Å². The summed E-state index contributed by atoms with van der Waals surface area (Å²) in [6, 6.07) is 17.1. The lowest BCUT2D eigenvalue weighted by Crippen LogP contribution is -2.48. The van der Waals surface area contributed by atoms with Crippen LogP contribution in [0.1, 0.15) is 28.4 Å². The van der Waals surface area contributed by atoms with Crippen LogP contribution in [0, 0.1) is 11.3 Å². The summed E-state index contributed by atoms with van der Waals surface area (Å²) in [6.45, 7) is 2.71. The lowest BCUT2D eigenvalue weighted by molar-refractivity contribution is 0.201. The Hall–Kier alpha value is -2.86. The Morgan fingerprint density at radius 3 is 2.57 bits per heavy atom. The fourth-order valence-electron chi connectivity index (χ4n) is 4.31. The lowest BCUT2D eigenvalue weighted by Gasteiger charge is -2.43. The van der Waals surface area contributed by atoms with Gasteiger partial charge in [0.2, 0.25) is 0 Å². The van der Waals surface area contributed by atoms with Crippen molar-refractivity contribution in [2.45, 2.75) is 19.2 Å². The highest BCUT2D eigenvalue weighted by Crippen LogP contribution is 2.37. The normalized spacial score (nSPS) is 16.2. The van der Waals surface area contributed by atoms with E-state index in [2.05, 4.69) is 20.9 Å². The third-order valence-electron chi connectivity index (χ3n) is 6.04. The summed E-state index contributed by atoms with van der Waals surface area (Å²) >= 11 is 12.8. The standard InChI is InChI=1S/C26H26Cl2N4O3/c27-21-3-1-19(2-4-21)26-16-31(15-24-20(17-34)11-18(13-29)14-30-24)7-8-32(26)25-6-5-22(12-23(25)28)35-10-9-33/h1-6,11-12,14,26,33-34H,7-10,15-17H2/t26-/m0/s1. The molecule has 0 radical (unpaired) electrons. The monoisotopic (exact) mass is 512 g/mol. The van der Waals surface area contributed by atoms with E-state index >= 15 is 0 Å². The molecule has 1 fully saturated rings. The number of anilines is 1. The molecule has 2 aromatic carbocycles. The molecule has 2 heterocycles. The molecule has 7 nitrogen and oxygen atoms in total. The van der Waals surface area contributed by atoms with Gasteiger partial charge in [-0.15, -0.1) is 0 Å². The van der Waals surface area contributed by atoms with Crippen molar-refractivity contribution in [3.8, 4) is 11.8 Å². The van der Waals surface area contributed by atoms with Gasteiger partial charge in [0.25, 0.3) is 0 Å². The van der Waals surface area contributed by atoms with Crippen molar-refractivity contribution in [3.05, 3.63) is 87.2 Å². The first-order valence-corrected chi connectivity index (χ1v) is 12.0. The molecule has 0 spiro atoms. The van der Waals surface area contributed by atoms with Crippen molar-refractivity contribution < 1.29 is 14.9 Å². The molecule has 9 heteroatoms. The summed E-state index contributed by atoms with van der Waals surface area (Å²) in [5, 5.41) is 29.2. The number of ether oxygens (including phenoxy) is 1. The summed E-state index contributed by atoms with van der Waals surface area (Å²) in [5.41, 5.74) is 3.86. The molecule has 3 aromatic rings. The molecule has 0 bridgehead atoms. The van der Waals surface area contributed by atoms with Crippen LogP contribution in [0.2, 0.25) is 10.0 Å². The zero-order chi connectivity index (χ0) is 24.8. The first-order valence-electron chi connectivity index (χ1n) is 11.3. The van der Waals surface area contributed by atoms with E-state index in [1.807, 2.05) is 36.4 Å². The number of halogens is 2. The van der Waals surface area contributed by atoms with E-state index < -0.39 is 0 Å². The number of aliphatic hydroxyl groups excluding tert-OH is 2. The molecule has 35 heavy (non-hydrogen) atoms. The Kier molecular flexibility index (Phi) is 8.45. The largest absolute Gasteiger partial charge is 0.491 e. The highest BCUT2D eigenvalue weighted by Gasteiger charge is 2.30. The Labute approximate surface area is 214 Å². The Bertz CT molecular complexity index is 1200. The smallest absolute Gasteiger partial charge is 0.121 e. The summed E-state index contributed by atoms with van der Waals surface area (Å²) in [5.74, 6) is 0.609. The molecule has 2 N–H and O–H groups in total. The van der Waals surface area contributed by atoms with Crippen LogP contribution in [-0.2, 0) is 13.2 Å². The van der Waals surface area contributed by atoms with Gasteiger partial charge in [0, 0.05) is 49.0 Å². The van der Waals surface area contributed by atoms with E-state index in [4.69, 9.17) is 38.3 Å². The minimum Gasteiger partial charge on any atom is -0.491 e. The van der Waals surface area contributed by atoms with Gasteiger partial charge < -0.3 is 19.8 Å². The molecule has 1 atom stereocenters. The fourth-order valence-corrected chi connectivity index (χ4v) is 4.71. The maximum atomic E-state index is 9.79. The molecule has 1 saturated heterocycles. The number of hydrogen-bond acceptors (Lipinski definition) is 7. The zero-order valence-electron chi connectivity index (χ0n) is 19.1. The van der Waals surface area contributed by atoms with Crippen molar-refractivity contribution >= 4 is 28.9 Å². The number of piperazine rings is 1. The number of aromatic nitrogens is 1. The van der Waals surface area contributed by atoms with E-state index in [1.54, 1.807) is 18.3 Å². The number of nitriles is 1. The minimum atomic E-state index is -0.168. The average Bonchev–Trinajstić information content (AvgIpc) is 2.88. The molecule has 0 unspecified atom stereocenters. The van der Waals surface area contributed by atoms with E-state index in [-0.39, 0.29) is 25.9 Å². The van der Waals surface area contributed by atoms with Gasteiger partial charge >= 0.3 is 0 Å². The quantitative estimate of drug-likeness (QED) is 0.467. The van der Waals surface area contributed by atoms with Crippen molar-refractivity contribution in [2.75, 3.05) is 37.7 Å². The van der Waals surface area contributed by atoms with E-state index in [1.165, 1.54) is 0 Å². The molecule has 4 rings (SSSR count). The molecule has 0 aliphatic carbocycles. The molecular weight excluding hydrogens is 487 g/mol. The number of aliphatic hydroxyl groups is 2. The fraction of sp³-hybridized carbons (Fsp3) is 0.308. The van der Waals surface area contributed by atoms with Crippen molar-refractivity contribution in [1.82, 2.24) is 9.88 Å². The zero-order valence-corrected chi connectivity index (χ0v) is 20.6. The third-order valence-corrected chi connectivity index (χ3v) is 6.60. The second-order valence-electron chi connectivity index (χ2n) is 8.28. The number of hydrogen-bond donors (Lipinski definition) is 2. The van der Waals surface area contributed by atoms with Crippen LogP contribution in [0.3, 0.4) is 0 Å². The third kappa shape index (κ3) is 6.04. The maximum Gasteiger partial charge on any atom is 0.121 e. The van der Waals surface area contributed by atoms with Gasteiger partial charge in [-0.1, -0.05) is 35.3 Å². The summed E-state index contributed by atoms with van der Waals surface area (Å²) in [4.78, 5) is 9.00. The van der Waals surface area contributed by atoms with Gasteiger partial charge in [0.15, 0.2) is 0 Å². The number of rotatable bonds is 8. The highest BCUT2D eigenvalue weighted by molar-refractivity contribution is 6.33. The van der Waals surface area contributed by atoms with Crippen LogP contribution in [0.25, 0.3) is 0 Å². The topological polar surface area (TPSA) is 92.9 Å². The van der Waals surface area contributed by atoms with Gasteiger partial charge in [-0.05, 0) is 35.9 Å². The average molecular weight is 513 g/mol. The summed E-state index contributed by atoms with van der Waals surface area (Å²) < 4.78 is 5.50. The molecule has 1 aliphatic heterocycles. The highest BCUT2D eigenvalue weighted by atomic mass is 35.5. The van der Waals surface area contributed by atoms with Crippen molar-refractivity contribution in [3.63, 3.8) is 0 Å². The predicted octanol–water partition coefficient (Wildman–Crippen LogP) is 4.19. The van der Waals surface area contributed by atoms with Crippen LogP contribution in [0.4, 0.5) is 5.69 Å². The molecule has 1 aliphatic rings. The first-order chi connectivity index (χ1) is 17.0. The molecule has 0 saturated carbocycles. The van der Waals surface area contributed by atoms with E-state index in [9.17, 15) is 5.11 Å². The predicted molar refractivity (Wildman–Crippen MR) is 136 cm³/mol. The van der Waals surface area contributed by atoms with Crippen molar-refractivity contribution in [2.24, 2.45) is 0 Å². The van der Waals surface area contributed by atoms with Crippen LogP contribution in [-0.4, -0.2) is 52.9 Å². The summed E-state index contributed by atoms with van der Waals surface area (Å²) in [7, 11) is 0. The lowest BCUT2D eigenvalue weighted by atomic mass is 10.0.